The number of fused-ring (bicyclic) bond motifs is 1. The van der Waals surface area contributed by atoms with E-state index >= 15 is 0 Å². The van der Waals surface area contributed by atoms with Crippen LogP contribution in [-0.4, -0.2) is 35.5 Å². The Kier molecular flexibility index (Phi) is 3.77. The summed E-state index contributed by atoms with van der Waals surface area (Å²) in [5.74, 6) is 0. The summed E-state index contributed by atoms with van der Waals surface area (Å²) in [6.45, 7) is 5.55. The molecule has 21 heavy (non-hydrogen) atoms. The Morgan fingerprint density at radius 3 is 2.90 bits per heavy atom. The quantitative estimate of drug-likeness (QED) is 0.881. The van der Waals surface area contributed by atoms with Gasteiger partial charge in [0, 0.05) is 25.0 Å². The van der Waals surface area contributed by atoms with Crippen molar-refractivity contribution in [1.82, 2.24) is 9.55 Å². The zero-order valence-corrected chi connectivity index (χ0v) is 13.9. The second kappa shape index (κ2) is 5.31. The standard InChI is InChI=1S/C14H18N2O3S2/c1-8-9(2)21-11-10(8)12(17)16(13(20)15-11)6-14(18-3)4-5-19-7-14/h4-7H2,1-3H3,(H,15,20). The first kappa shape index (κ1) is 14.9. The summed E-state index contributed by atoms with van der Waals surface area (Å²) in [4.78, 5) is 18.0. The van der Waals surface area contributed by atoms with Crippen LogP contribution >= 0.6 is 23.6 Å². The van der Waals surface area contributed by atoms with E-state index in [1.807, 2.05) is 13.8 Å². The average molecular weight is 326 g/mol. The molecule has 7 heteroatoms. The van der Waals surface area contributed by atoms with Crippen LogP contribution in [0.25, 0.3) is 10.2 Å². The number of aryl methyl sites for hydroxylation is 2. The molecule has 2 aromatic heterocycles. The van der Waals surface area contributed by atoms with E-state index in [1.165, 1.54) is 0 Å². The van der Waals surface area contributed by atoms with Gasteiger partial charge < -0.3 is 14.5 Å². The molecule has 1 aliphatic heterocycles. The smallest absolute Gasteiger partial charge is 0.263 e. The highest BCUT2D eigenvalue weighted by Crippen LogP contribution is 2.27. The number of hydrogen-bond donors (Lipinski definition) is 1. The summed E-state index contributed by atoms with van der Waals surface area (Å²) in [5.41, 5.74) is 0.519. The molecule has 1 fully saturated rings. The summed E-state index contributed by atoms with van der Waals surface area (Å²) < 4.78 is 13.1. The molecule has 5 nitrogen and oxygen atoms in total. The van der Waals surface area contributed by atoms with Crippen LogP contribution in [0.4, 0.5) is 0 Å². The van der Waals surface area contributed by atoms with Crippen LogP contribution in [0.5, 0.6) is 0 Å². The van der Waals surface area contributed by atoms with Gasteiger partial charge in [-0.1, -0.05) is 0 Å². The molecule has 114 valence electrons. The molecule has 1 aliphatic rings. The number of nitrogens with one attached hydrogen (secondary N) is 1. The van der Waals surface area contributed by atoms with Crippen LogP contribution in [0.1, 0.15) is 16.9 Å². The normalized spacial score (nSPS) is 22.2. The van der Waals surface area contributed by atoms with Crippen molar-refractivity contribution in [3.8, 4) is 0 Å². The third-order valence-corrected chi connectivity index (χ3v) is 5.70. The molecule has 3 heterocycles. The number of H-pyrrole nitrogens is 1. The first-order valence-corrected chi connectivity index (χ1v) is 8.06. The Labute approximate surface area is 131 Å². The molecule has 1 atom stereocenters. The Balaban J connectivity index is 2.17. The number of nitrogens with zero attached hydrogens (tertiary/aromatic N) is 1. The molecular formula is C14H18N2O3S2. The number of hydrogen-bond acceptors (Lipinski definition) is 5. The lowest BCUT2D eigenvalue weighted by molar-refractivity contribution is -0.0304. The highest BCUT2D eigenvalue weighted by Gasteiger charge is 2.36. The Morgan fingerprint density at radius 1 is 1.52 bits per heavy atom. The van der Waals surface area contributed by atoms with Gasteiger partial charge in [-0.2, -0.15) is 0 Å². The fourth-order valence-corrected chi connectivity index (χ4v) is 4.10. The van der Waals surface area contributed by atoms with Crippen molar-refractivity contribution in [2.45, 2.75) is 32.4 Å². The zero-order valence-electron chi connectivity index (χ0n) is 12.3. The molecule has 0 radical (unpaired) electrons. The minimum atomic E-state index is -0.460. The van der Waals surface area contributed by atoms with Gasteiger partial charge >= 0.3 is 0 Å². The van der Waals surface area contributed by atoms with Crippen LogP contribution in [-0.2, 0) is 16.0 Å². The van der Waals surface area contributed by atoms with Crippen molar-refractivity contribution in [2.24, 2.45) is 0 Å². The molecular weight excluding hydrogens is 308 g/mol. The largest absolute Gasteiger partial charge is 0.378 e. The van der Waals surface area contributed by atoms with Gasteiger partial charge in [0.25, 0.3) is 5.56 Å². The molecule has 0 bridgehead atoms. The Bertz CT molecular complexity index is 797. The first-order chi connectivity index (χ1) is 9.97. The molecule has 1 N–H and O–H groups in total. The number of ether oxygens (including phenoxy) is 2. The maximum absolute atomic E-state index is 12.8. The molecule has 3 rings (SSSR count). The van der Waals surface area contributed by atoms with E-state index in [0.29, 0.717) is 24.5 Å². The van der Waals surface area contributed by atoms with Crippen LogP contribution in [0, 0.1) is 18.6 Å². The van der Waals surface area contributed by atoms with E-state index < -0.39 is 5.60 Å². The lowest BCUT2D eigenvalue weighted by Gasteiger charge is -2.26. The summed E-state index contributed by atoms with van der Waals surface area (Å²) in [6, 6.07) is 0. The number of methoxy groups -OCH3 is 1. The van der Waals surface area contributed by atoms with Gasteiger partial charge in [0.15, 0.2) is 4.77 Å². The van der Waals surface area contributed by atoms with E-state index in [-0.39, 0.29) is 5.56 Å². The molecule has 0 aromatic carbocycles. The van der Waals surface area contributed by atoms with Crippen LogP contribution in [0.15, 0.2) is 4.79 Å². The SMILES string of the molecule is COC1(Cn2c(=S)[nH]c3sc(C)c(C)c3c2=O)CCOC1. The fourth-order valence-electron chi connectivity index (χ4n) is 2.73. The van der Waals surface area contributed by atoms with Gasteiger partial charge in [-0.15, -0.1) is 11.3 Å². The van der Waals surface area contributed by atoms with Gasteiger partial charge in [-0.3, -0.25) is 9.36 Å². The molecule has 0 saturated carbocycles. The van der Waals surface area contributed by atoms with E-state index in [0.717, 1.165) is 27.1 Å². The summed E-state index contributed by atoms with van der Waals surface area (Å²) in [6.07, 6.45) is 0.768. The summed E-state index contributed by atoms with van der Waals surface area (Å²) in [7, 11) is 1.66. The number of aromatic amines is 1. The fraction of sp³-hybridized carbons (Fsp3) is 0.571. The summed E-state index contributed by atoms with van der Waals surface area (Å²) >= 11 is 6.94. The predicted molar refractivity (Wildman–Crippen MR) is 85.9 cm³/mol. The maximum Gasteiger partial charge on any atom is 0.263 e. The van der Waals surface area contributed by atoms with Crippen LogP contribution in [0.3, 0.4) is 0 Å². The van der Waals surface area contributed by atoms with E-state index in [2.05, 4.69) is 4.98 Å². The number of rotatable bonds is 3. The van der Waals surface area contributed by atoms with Crippen molar-refractivity contribution >= 4 is 33.8 Å². The van der Waals surface area contributed by atoms with E-state index in [4.69, 9.17) is 21.7 Å². The van der Waals surface area contributed by atoms with Gasteiger partial charge in [-0.05, 0) is 31.6 Å². The van der Waals surface area contributed by atoms with Crippen LogP contribution < -0.4 is 5.56 Å². The highest BCUT2D eigenvalue weighted by atomic mass is 32.1. The zero-order chi connectivity index (χ0) is 15.2. The third kappa shape index (κ3) is 2.38. The third-order valence-electron chi connectivity index (χ3n) is 4.26. The Morgan fingerprint density at radius 2 is 2.29 bits per heavy atom. The van der Waals surface area contributed by atoms with Crippen LogP contribution in [0.2, 0.25) is 0 Å². The van der Waals surface area contributed by atoms with E-state index in [9.17, 15) is 4.79 Å². The molecule has 1 saturated heterocycles. The summed E-state index contributed by atoms with van der Waals surface area (Å²) in [5, 5.41) is 0.733. The second-order valence-corrected chi connectivity index (χ2v) is 7.11. The monoisotopic (exact) mass is 326 g/mol. The average Bonchev–Trinajstić information content (AvgIpc) is 3.02. The Hall–Kier alpha value is -1.02. The highest BCUT2D eigenvalue weighted by molar-refractivity contribution is 7.71. The van der Waals surface area contributed by atoms with Gasteiger partial charge in [0.05, 0.1) is 18.5 Å². The second-order valence-electron chi connectivity index (χ2n) is 5.50. The predicted octanol–water partition coefficient (Wildman–Crippen LogP) is 2.54. The van der Waals surface area contributed by atoms with Gasteiger partial charge in [-0.25, -0.2) is 0 Å². The van der Waals surface area contributed by atoms with Gasteiger partial charge in [0.1, 0.15) is 10.4 Å². The lowest BCUT2D eigenvalue weighted by atomic mass is 10.0. The topological polar surface area (TPSA) is 56.2 Å². The lowest BCUT2D eigenvalue weighted by Crippen LogP contribution is -2.41. The van der Waals surface area contributed by atoms with E-state index in [1.54, 1.807) is 23.0 Å². The van der Waals surface area contributed by atoms with Crippen molar-refractivity contribution in [2.75, 3.05) is 20.3 Å². The molecule has 0 amide bonds. The minimum absolute atomic E-state index is 0.0427. The maximum atomic E-state index is 12.8. The molecule has 1 unspecified atom stereocenters. The first-order valence-electron chi connectivity index (χ1n) is 6.83. The number of thiophene rings is 1. The molecule has 0 spiro atoms. The van der Waals surface area contributed by atoms with Crippen molar-refractivity contribution in [3.05, 3.63) is 25.6 Å². The van der Waals surface area contributed by atoms with Crippen molar-refractivity contribution < 1.29 is 9.47 Å². The van der Waals surface area contributed by atoms with Crippen molar-refractivity contribution in [3.63, 3.8) is 0 Å². The number of aromatic nitrogens is 2. The molecule has 0 aliphatic carbocycles. The van der Waals surface area contributed by atoms with Gasteiger partial charge in [0.2, 0.25) is 0 Å². The minimum Gasteiger partial charge on any atom is -0.378 e. The van der Waals surface area contributed by atoms with Crippen molar-refractivity contribution in [1.29, 1.82) is 0 Å². The molecule has 2 aromatic rings.